The molecule has 2 heterocycles. The van der Waals surface area contributed by atoms with Crippen LogP contribution in [0.25, 0.3) is 5.69 Å². The van der Waals surface area contributed by atoms with Gasteiger partial charge in [-0.15, -0.1) is 0 Å². The van der Waals surface area contributed by atoms with Gasteiger partial charge in [-0.2, -0.15) is 5.10 Å². The summed E-state index contributed by atoms with van der Waals surface area (Å²) < 4.78 is 12.6. The molecule has 0 saturated carbocycles. The Morgan fingerprint density at radius 1 is 0.943 bits per heavy atom. The smallest absolute Gasteiger partial charge is 0.324 e. The van der Waals surface area contributed by atoms with Crippen LogP contribution in [0.15, 0.2) is 67.0 Å². The number of aromatic nitrogens is 4. The van der Waals surface area contributed by atoms with Crippen LogP contribution in [-0.2, 0) is 5.41 Å². The molecule has 0 aliphatic carbocycles. The van der Waals surface area contributed by atoms with Crippen molar-refractivity contribution in [2.24, 2.45) is 0 Å². The first-order valence-electron chi connectivity index (χ1n) is 10.9. The van der Waals surface area contributed by atoms with Gasteiger partial charge in [0.15, 0.2) is 0 Å². The zero-order chi connectivity index (χ0) is 25.0. The van der Waals surface area contributed by atoms with Crippen molar-refractivity contribution in [1.29, 1.82) is 0 Å². The van der Waals surface area contributed by atoms with Gasteiger partial charge in [0.25, 0.3) is 0 Å². The van der Waals surface area contributed by atoms with Gasteiger partial charge in [0.2, 0.25) is 5.88 Å². The van der Waals surface area contributed by atoms with E-state index in [4.69, 9.17) is 20.3 Å². The predicted octanol–water partition coefficient (Wildman–Crippen LogP) is 4.99. The van der Waals surface area contributed by atoms with Crippen LogP contribution in [0.3, 0.4) is 0 Å². The molecular formula is C25H27N7O3. The number of urea groups is 1. The van der Waals surface area contributed by atoms with Crippen LogP contribution in [0, 0.1) is 0 Å². The van der Waals surface area contributed by atoms with Crippen molar-refractivity contribution in [1.82, 2.24) is 19.7 Å². The van der Waals surface area contributed by atoms with Gasteiger partial charge < -0.3 is 20.5 Å². The minimum Gasteiger partial charge on any atom is -0.497 e. The Labute approximate surface area is 203 Å². The largest absolute Gasteiger partial charge is 0.497 e. The van der Waals surface area contributed by atoms with Crippen molar-refractivity contribution >= 4 is 23.4 Å². The van der Waals surface area contributed by atoms with Crippen LogP contribution in [0.2, 0.25) is 0 Å². The maximum atomic E-state index is 12.8. The monoisotopic (exact) mass is 473 g/mol. The molecule has 0 aliphatic rings. The maximum Gasteiger partial charge on any atom is 0.324 e. The first-order chi connectivity index (χ1) is 16.7. The summed E-state index contributed by atoms with van der Waals surface area (Å²) >= 11 is 0. The van der Waals surface area contributed by atoms with Crippen molar-refractivity contribution in [2.45, 2.75) is 26.2 Å². The maximum absolute atomic E-state index is 12.8. The molecule has 0 saturated heterocycles. The number of nitrogen functional groups attached to an aromatic ring is 1. The first-order valence-corrected chi connectivity index (χ1v) is 10.9. The second kappa shape index (κ2) is 9.72. The fourth-order valence-corrected chi connectivity index (χ4v) is 3.17. The van der Waals surface area contributed by atoms with Gasteiger partial charge >= 0.3 is 6.03 Å². The summed E-state index contributed by atoms with van der Waals surface area (Å²) in [5.41, 5.74) is 7.67. The van der Waals surface area contributed by atoms with E-state index in [0.717, 1.165) is 17.1 Å². The molecule has 0 radical (unpaired) electrons. The third-order valence-corrected chi connectivity index (χ3v) is 5.03. The second-order valence-corrected chi connectivity index (χ2v) is 8.76. The van der Waals surface area contributed by atoms with Gasteiger partial charge in [-0.3, -0.25) is 5.32 Å². The molecule has 0 unspecified atom stereocenters. The molecule has 0 aliphatic heterocycles. The normalized spacial score (nSPS) is 11.1. The SMILES string of the molecule is COc1ccc(-n2nc(C(C)(C)C)cc2NC(=O)Nc2ccc(Oc3cc(N)ncn3)cc2)cc1. The highest BCUT2D eigenvalue weighted by Crippen LogP contribution is 2.27. The summed E-state index contributed by atoms with van der Waals surface area (Å²) in [4.78, 5) is 20.6. The number of nitrogens with two attached hydrogens (primary N) is 1. The van der Waals surface area contributed by atoms with E-state index in [1.54, 1.807) is 36.1 Å². The fourth-order valence-electron chi connectivity index (χ4n) is 3.17. The molecule has 0 fully saturated rings. The van der Waals surface area contributed by atoms with Crippen LogP contribution < -0.4 is 25.8 Å². The number of methoxy groups -OCH3 is 1. The van der Waals surface area contributed by atoms with Gasteiger partial charge in [0.1, 0.15) is 29.5 Å². The zero-order valence-electron chi connectivity index (χ0n) is 19.9. The molecule has 180 valence electrons. The van der Waals surface area contributed by atoms with Crippen molar-refractivity contribution in [3.8, 4) is 23.1 Å². The molecule has 35 heavy (non-hydrogen) atoms. The van der Waals surface area contributed by atoms with Crippen molar-refractivity contribution in [2.75, 3.05) is 23.5 Å². The number of ether oxygens (including phenoxy) is 2. The number of benzene rings is 2. The summed E-state index contributed by atoms with van der Waals surface area (Å²) in [6.07, 6.45) is 1.33. The van der Waals surface area contributed by atoms with E-state index in [2.05, 4.69) is 41.4 Å². The van der Waals surface area contributed by atoms with E-state index in [9.17, 15) is 4.79 Å². The Morgan fingerprint density at radius 3 is 2.26 bits per heavy atom. The average Bonchev–Trinajstić information content (AvgIpc) is 3.24. The van der Waals surface area contributed by atoms with Crippen molar-refractivity contribution < 1.29 is 14.3 Å². The number of hydrogen-bond donors (Lipinski definition) is 3. The van der Waals surface area contributed by atoms with Crippen molar-refractivity contribution in [3.63, 3.8) is 0 Å². The van der Waals surface area contributed by atoms with Gasteiger partial charge in [0, 0.05) is 23.2 Å². The lowest BCUT2D eigenvalue weighted by Crippen LogP contribution is -2.21. The van der Waals surface area contributed by atoms with Crippen LogP contribution in [0.4, 0.5) is 22.1 Å². The van der Waals surface area contributed by atoms with Gasteiger partial charge in [-0.1, -0.05) is 20.8 Å². The van der Waals surface area contributed by atoms with E-state index in [1.165, 1.54) is 12.4 Å². The lowest BCUT2D eigenvalue weighted by Gasteiger charge is -2.14. The van der Waals surface area contributed by atoms with E-state index in [-0.39, 0.29) is 5.41 Å². The Hall–Kier alpha value is -4.60. The quantitative estimate of drug-likeness (QED) is 0.360. The zero-order valence-corrected chi connectivity index (χ0v) is 19.9. The first kappa shape index (κ1) is 23.6. The standard InChI is InChI=1S/C25H27N7O3/c1-25(2,3)20-13-22(32(31-20)17-7-11-18(34-4)12-8-17)30-24(33)29-16-5-9-19(10-6-16)35-23-14-21(26)27-15-28-23/h5-15H,1-4H3,(H2,26,27,28)(H2,29,30,33). The minimum atomic E-state index is -0.405. The highest BCUT2D eigenvalue weighted by atomic mass is 16.5. The minimum absolute atomic E-state index is 0.200. The third kappa shape index (κ3) is 5.85. The third-order valence-electron chi connectivity index (χ3n) is 5.03. The molecule has 2 amide bonds. The van der Waals surface area contributed by atoms with Gasteiger partial charge in [-0.25, -0.2) is 19.4 Å². The molecule has 10 heteroatoms. The number of carbonyl (C=O) groups is 1. The number of nitrogens with zero attached hydrogens (tertiary/aromatic N) is 4. The molecular weight excluding hydrogens is 446 g/mol. The molecule has 4 aromatic rings. The molecule has 0 spiro atoms. The number of amides is 2. The van der Waals surface area contributed by atoms with Gasteiger partial charge in [0.05, 0.1) is 18.5 Å². The summed E-state index contributed by atoms with van der Waals surface area (Å²) in [7, 11) is 1.61. The molecule has 4 N–H and O–H groups in total. The van der Waals surface area contributed by atoms with E-state index in [0.29, 0.717) is 29.0 Å². The Kier molecular flexibility index (Phi) is 6.54. The van der Waals surface area contributed by atoms with Crippen LogP contribution in [0.5, 0.6) is 17.4 Å². The number of carbonyl (C=O) groups excluding carboxylic acids is 1. The van der Waals surface area contributed by atoms with E-state index >= 15 is 0 Å². The number of anilines is 3. The summed E-state index contributed by atoms with van der Waals surface area (Å²) in [6, 6.07) is 17.3. The highest BCUT2D eigenvalue weighted by Gasteiger charge is 2.21. The fraction of sp³-hybridized carbons (Fsp3) is 0.200. The molecule has 2 aromatic heterocycles. The number of nitrogens with one attached hydrogen (secondary N) is 2. The van der Waals surface area contributed by atoms with Crippen LogP contribution in [-0.4, -0.2) is 32.9 Å². The predicted molar refractivity (Wildman–Crippen MR) is 134 cm³/mol. The Bertz CT molecular complexity index is 1310. The number of hydrogen-bond acceptors (Lipinski definition) is 7. The molecule has 0 atom stereocenters. The topological polar surface area (TPSA) is 129 Å². The van der Waals surface area contributed by atoms with Crippen molar-refractivity contribution in [3.05, 3.63) is 72.7 Å². The van der Waals surface area contributed by atoms with E-state index < -0.39 is 6.03 Å². The van der Waals surface area contributed by atoms with Gasteiger partial charge in [-0.05, 0) is 48.5 Å². The van der Waals surface area contributed by atoms with Crippen LogP contribution >= 0.6 is 0 Å². The molecule has 10 nitrogen and oxygen atoms in total. The lowest BCUT2D eigenvalue weighted by atomic mass is 9.92. The number of rotatable bonds is 6. The summed E-state index contributed by atoms with van der Waals surface area (Å²) in [5.74, 6) is 2.46. The Morgan fingerprint density at radius 2 is 1.63 bits per heavy atom. The molecule has 4 rings (SSSR count). The van der Waals surface area contributed by atoms with Crippen LogP contribution in [0.1, 0.15) is 26.5 Å². The highest BCUT2D eigenvalue weighted by molar-refractivity contribution is 5.99. The Balaban J connectivity index is 1.48. The molecule has 0 bridgehead atoms. The van der Waals surface area contributed by atoms with E-state index in [1.807, 2.05) is 30.3 Å². The second-order valence-electron chi connectivity index (χ2n) is 8.76. The molecule has 2 aromatic carbocycles. The average molecular weight is 474 g/mol. The summed E-state index contributed by atoms with van der Waals surface area (Å²) in [6.45, 7) is 6.20. The summed E-state index contributed by atoms with van der Waals surface area (Å²) in [5, 5.41) is 10.4. The lowest BCUT2D eigenvalue weighted by molar-refractivity contribution is 0.262.